The van der Waals surface area contributed by atoms with Crippen LogP contribution < -0.4 is 5.32 Å². The van der Waals surface area contributed by atoms with Gasteiger partial charge >= 0.3 is 0 Å². The number of amides is 2. The monoisotopic (exact) mass is 302 g/mol. The number of aliphatic hydroxyl groups excluding tert-OH is 1. The molecule has 5 nitrogen and oxygen atoms in total. The van der Waals surface area contributed by atoms with Crippen LogP contribution in [0.5, 0.6) is 0 Å². The minimum absolute atomic E-state index is 0.0297. The summed E-state index contributed by atoms with van der Waals surface area (Å²) < 4.78 is 0. The molecule has 2 amide bonds. The van der Waals surface area contributed by atoms with E-state index in [4.69, 9.17) is 0 Å². The first-order chi connectivity index (χ1) is 10.5. The second-order valence-corrected chi connectivity index (χ2v) is 6.43. The molecule has 2 saturated carbocycles. The smallest absolute Gasteiger partial charge is 0.253 e. The summed E-state index contributed by atoms with van der Waals surface area (Å²) in [5.74, 6) is 0.375. The van der Waals surface area contributed by atoms with E-state index in [1.807, 2.05) is 0 Å². The molecule has 2 fully saturated rings. The second-order valence-electron chi connectivity index (χ2n) is 6.43. The third kappa shape index (κ3) is 3.65. The zero-order chi connectivity index (χ0) is 15.7. The third-order valence-corrected chi connectivity index (χ3v) is 4.30. The standard InChI is InChI=1S/C17H22N2O3/c1-19(10-15(20)11-5-6-11)17(22)13-3-2-4-14(9-13)18-16(21)12-7-8-12/h2-4,9,11-12,15,20H,5-8,10H2,1H3,(H,18,21). The molecule has 0 spiro atoms. The van der Waals surface area contributed by atoms with E-state index < -0.39 is 6.10 Å². The zero-order valence-electron chi connectivity index (χ0n) is 12.8. The lowest BCUT2D eigenvalue weighted by molar-refractivity contribution is -0.117. The number of hydrogen-bond acceptors (Lipinski definition) is 3. The molecule has 3 rings (SSSR count). The highest BCUT2D eigenvalue weighted by atomic mass is 16.3. The maximum Gasteiger partial charge on any atom is 0.253 e. The van der Waals surface area contributed by atoms with E-state index in [9.17, 15) is 14.7 Å². The van der Waals surface area contributed by atoms with Gasteiger partial charge in [-0.25, -0.2) is 0 Å². The number of hydrogen-bond donors (Lipinski definition) is 2. The fraction of sp³-hybridized carbons (Fsp3) is 0.529. The number of anilines is 1. The summed E-state index contributed by atoms with van der Waals surface area (Å²) in [7, 11) is 1.70. The topological polar surface area (TPSA) is 69.6 Å². The SMILES string of the molecule is CN(CC(O)C1CC1)C(=O)c1cccc(NC(=O)C2CC2)c1. The largest absolute Gasteiger partial charge is 0.391 e. The lowest BCUT2D eigenvalue weighted by Crippen LogP contribution is -2.35. The average molecular weight is 302 g/mol. The molecular weight excluding hydrogens is 280 g/mol. The fourth-order valence-corrected chi connectivity index (χ4v) is 2.53. The van der Waals surface area contributed by atoms with Gasteiger partial charge in [0, 0.05) is 30.8 Å². The minimum atomic E-state index is -0.438. The summed E-state index contributed by atoms with van der Waals surface area (Å²) in [6.07, 6.45) is 3.56. The molecule has 0 aromatic heterocycles. The molecular formula is C17H22N2O3. The van der Waals surface area contributed by atoms with Crippen molar-refractivity contribution in [3.05, 3.63) is 29.8 Å². The van der Waals surface area contributed by atoms with Crippen LogP contribution in [0.1, 0.15) is 36.0 Å². The number of aliphatic hydroxyl groups is 1. The second kappa shape index (κ2) is 6.08. The van der Waals surface area contributed by atoms with Crippen LogP contribution in [0.3, 0.4) is 0 Å². The highest BCUT2D eigenvalue weighted by Gasteiger charge is 2.31. The molecule has 2 aliphatic rings. The molecule has 1 unspecified atom stereocenters. The van der Waals surface area contributed by atoms with Gasteiger partial charge in [0.05, 0.1) is 6.10 Å². The molecule has 0 saturated heterocycles. The van der Waals surface area contributed by atoms with Gasteiger partial charge in [-0.05, 0) is 49.8 Å². The van der Waals surface area contributed by atoms with Gasteiger partial charge in [-0.2, -0.15) is 0 Å². The van der Waals surface area contributed by atoms with Crippen LogP contribution in [0.4, 0.5) is 5.69 Å². The quantitative estimate of drug-likeness (QED) is 0.843. The normalized spacial score (nSPS) is 18.6. The molecule has 118 valence electrons. The Morgan fingerprint density at radius 1 is 1.32 bits per heavy atom. The Morgan fingerprint density at radius 3 is 2.68 bits per heavy atom. The number of benzene rings is 1. The number of rotatable bonds is 6. The van der Waals surface area contributed by atoms with Crippen molar-refractivity contribution in [2.45, 2.75) is 31.8 Å². The van der Waals surface area contributed by atoms with Crippen LogP contribution in [0, 0.1) is 11.8 Å². The molecule has 0 bridgehead atoms. The van der Waals surface area contributed by atoms with Crippen LogP contribution in [0.2, 0.25) is 0 Å². The average Bonchev–Trinajstić information content (AvgIpc) is 3.39. The van der Waals surface area contributed by atoms with E-state index in [1.54, 1.807) is 36.2 Å². The Hall–Kier alpha value is -1.88. The first kappa shape index (κ1) is 15.0. The number of carbonyl (C=O) groups is 2. The van der Waals surface area contributed by atoms with Crippen LogP contribution >= 0.6 is 0 Å². The van der Waals surface area contributed by atoms with Crippen molar-refractivity contribution in [1.82, 2.24) is 4.90 Å². The van der Waals surface area contributed by atoms with Crippen LogP contribution in [-0.4, -0.2) is 41.5 Å². The molecule has 0 heterocycles. The Balaban J connectivity index is 1.62. The van der Waals surface area contributed by atoms with Crippen molar-refractivity contribution in [3.63, 3.8) is 0 Å². The van der Waals surface area contributed by atoms with Gasteiger partial charge in [-0.3, -0.25) is 9.59 Å². The van der Waals surface area contributed by atoms with Crippen molar-refractivity contribution in [3.8, 4) is 0 Å². The van der Waals surface area contributed by atoms with Crippen LogP contribution in [-0.2, 0) is 4.79 Å². The Morgan fingerprint density at radius 2 is 2.05 bits per heavy atom. The van der Waals surface area contributed by atoms with E-state index >= 15 is 0 Å². The van der Waals surface area contributed by atoms with Crippen molar-refractivity contribution >= 4 is 17.5 Å². The summed E-state index contributed by atoms with van der Waals surface area (Å²) >= 11 is 0. The van der Waals surface area contributed by atoms with Crippen LogP contribution in [0.15, 0.2) is 24.3 Å². The molecule has 1 atom stereocenters. The van der Waals surface area contributed by atoms with Crippen molar-refractivity contribution in [2.75, 3.05) is 18.9 Å². The Bertz CT molecular complexity index is 579. The van der Waals surface area contributed by atoms with E-state index in [0.29, 0.717) is 23.7 Å². The van der Waals surface area contributed by atoms with E-state index in [2.05, 4.69) is 5.32 Å². The van der Waals surface area contributed by atoms with Gasteiger partial charge in [-0.15, -0.1) is 0 Å². The van der Waals surface area contributed by atoms with Crippen molar-refractivity contribution < 1.29 is 14.7 Å². The summed E-state index contributed by atoms with van der Waals surface area (Å²) in [4.78, 5) is 25.7. The zero-order valence-corrected chi connectivity index (χ0v) is 12.8. The lowest BCUT2D eigenvalue weighted by atomic mass is 10.1. The predicted octanol–water partition coefficient (Wildman–Crippen LogP) is 1.88. The van der Waals surface area contributed by atoms with Gasteiger partial charge in [0.2, 0.25) is 5.91 Å². The maximum atomic E-state index is 12.4. The minimum Gasteiger partial charge on any atom is -0.391 e. The molecule has 22 heavy (non-hydrogen) atoms. The first-order valence-corrected chi connectivity index (χ1v) is 7.89. The van der Waals surface area contributed by atoms with E-state index in [1.165, 1.54) is 0 Å². The van der Waals surface area contributed by atoms with E-state index in [-0.39, 0.29) is 17.7 Å². The molecule has 0 aliphatic heterocycles. The lowest BCUT2D eigenvalue weighted by Gasteiger charge is -2.21. The van der Waals surface area contributed by atoms with Gasteiger partial charge in [0.25, 0.3) is 5.91 Å². The Kier molecular flexibility index (Phi) is 4.16. The van der Waals surface area contributed by atoms with Gasteiger partial charge in [0.1, 0.15) is 0 Å². The number of carbonyl (C=O) groups excluding carboxylic acids is 2. The third-order valence-electron chi connectivity index (χ3n) is 4.30. The molecule has 0 radical (unpaired) electrons. The first-order valence-electron chi connectivity index (χ1n) is 7.89. The number of likely N-dealkylation sites (N-methyl/N-ethyl adjacent to an activating group) is 1. The molecule has 5 heteroatoms. The van der Waals surface area contributed by atoms with E-state index in [0.717, 1.165) is 25.7 Å². The fourth-order valence-electron chi connectivity index (χ4n) is 2.53. The van der Waals surface area contributed by atoms with Gasteiger partial charge in [-0.1, -0.05) is 6.07 Å². The summed E-state index contributed by atoms with van der Waals surface area (Å²) in [6.45, 7) is 0.349. The van der Waals surface area contributed by atoms with Gasteiger partial charge in [0.15, 0.2) is 0 Å². The summed E-state index contributed by atoms with van der Waals surface area (Å²) in [5, 5.41) is 12.8. The summed E-state index contributed by atoms with van der Waals surface area (Å²) in [5.41, 5.74) is 1.18. The summed E-state index contributed by atoms with van der Waals surface area (Å²) in [6, 6.07) is 6.98. The molecule has 2 aliphatic carbocycles. The van der Waals surface area contributed by atoms with Crippen molar-refractivity contribution in [1.29, 1.82) is 0 Å². The Labute approximate surface area is 130 Å². The highest BCUT2D eigenvalue weighted by molar-refractivity contribution is 5.98. The molecule has 1 aromatic rings. The maximum absolute atomic E-state index is 12.4. The molecule has 1 aromatic carbocycles. The predicted molar refractivity (Wildman–Crippen MR) is 83.5 cm³/mol. The molecule has 2 N–H and O–H groups in total. The van der Waals surface area contributed by atoms with Crippen LogP contribution in [0.25, 0.3) is 0 Å². The number of nitrogens with zero attached hydrogens (tertiary/aromatic N) is 1. The highest BCUT2D eigenvalue weighted by Crippen LogP contribution is 2.33. The van der Waals surface area contributed by atoms with Gasteiger partial charge < -0.3 is 15.3 Å². The van der Waals surface area contributed by atoms with Crippen molar-refractivity contribution in [2.24, 2.45) is 11.8 Å². The number of nitrogens with one attached hydrogen (secondary N) is 1.